The maximum absolute atomic E-state index is 12.1. The highest BCUT2D eigenvalue weighted by Gasteiger charge is 2.72. The fraction of sp³-hybridized carbons (Fsp3) is 0.822. The van der Waals surface area contributed by atoms with E-state index in [1.807, 2.05) is 0 Å². The van der Waals surface area contributed by atoms with E-state index in [0.717, 1.165) is 42.3 Å². The standard InChI is InChI=1S/C45H68N2O4S.H2/c1-39(2)33(31-8-10-32(11-9-31)45(50-7)30-51-45)14-17-41(4)36(39)16-18-43(6)37(41)13-12-35-38-34(40(3)20-21-40)15-19-44(38,23-22-42(35,43)5)46-24-25-47-26-28-52(48,49)29-27-47;/h8-11,14,34-38,46H,12-13,15-30H2,1-7H3;1H/t34-,35-,36+,37-,38-,41+,42-,43-,44+,45?;/m1./s1. The molecule has 290 valence electrons. The molecular formula is C45H70N2O4S. The van der Waals surface area contributed by atoms with Crippen molar-refractivity contribution in [3.63, 3.8) is 0 Å². The third-order valence-corrected chi connectivity index (χ3v) is 20.3. The molecule has 7 heteroatoms. The van der Waals surface area contributed by atoms with Gasteiger partial charge in [0.15, 0.2) is 9.84 Å². The first kappa shape index (κ1) is 36.4. The third kappa shape index (κ3) is 5.23. The minimum atomic E-state index is -2.84. The molecular weight excluding hydrogens is 665 g/mol. The Hall–Kier alpha value is -1.25. The van der Waals surface area contributed by atoms with Crippen LogP contribution in [-0.2, 0) is 25.1 Å². The van der Waals surface area contributed by atoms with Crippen LogP contribution in [0.15, 0.2) is 30.3 Å². The van der Waals surface area contributed by atoms with Gasteiger partial charge >= 0.3 is 0 Å². The van der Waals surface area contributed by atoms with Gasteiger partial charge in [0.2, 0.25) is 5.79 Å². The highest BCUT2D eigenvalue weighted by atomic mass is 32.2. The quantitative estimate of drug-likeness (QED) is 0.270. The number of methoxy groups -OCH3 is 1. The van der Waals surface area contributed by atoms with Crippen LogP contribution in [0.25, 0.3) is 5.57 Å². The highest BCUT2D eigenvalue weighted by molar-refractivity contribution is 7.91. The molecule has 6 nitrogen and oxygen atoms in total. The average molecular weight is 735 g/mol. The van der Waals surface area contributed by atoms with Crippen molar-refractivity contribution in [2.24, 2.45) is 56.7 Å². The maximum atomic E-state index is 12.1. The van der Waals surface area contributed by atoms with E-state index in [1.54, 1.807) is 12.7 Å². The van der Waals surface area contributed by atoms with Gasteiger partial charge in [-0.2, -0.15) is 0 Å². The predicted octanol–water partition coefficient (Wildman–Crippen LogP) is 8.71. The molecule has 2 heterocycles. The number of hydrogen-bond donors (Lipinski definition) is 1. The fourth-order valence-corrected chi connectivity index (χ4v) is 16.4. The summed E-state index contributed by atoms with van der Waals surface area (Å²) in [6, 6.07) is 9.11. The van der Waals surface area contributed by atoms with Crippen LogP contribution in [0, 0.1) is 56.7 Å². The predicted molar refractivity (Wildman–Crippen MR) is 211 cm³/mol. The van der Waals surface area contributed by atoms with Crippen LogP contribution in [0.3, 0.4) is 0 Å². The minimum Gasteiger partial charge on any atom is -0.347 e. The normalized spacial score (nSPS) is 47.0. The summed E-state index contributed by atoms with van der Waals surface area (Å²) in [4.78, 5) is 2.40. The van der Waals surface area contributed by atoms with E-state index in [0.29, 0.717) is 58.8 Å². The second-order valence-corrected chi connectivity index (χ2v) is 23.2. The van der Waals surface area contributed by atoms with E-state index >= 15 is 0 Å². The van der Waals surface area contributed by atoms with Crippen LogP contribution in [-0.4, -0.2) is 70.3 Å². The van der Waals surface area contributed by atoms with Crippen LogP contribution in [0.4, 0.5) is 0 Å². The zero-order chi connectivity index (χ0) is 36.6. The number of allylic oxidation sites excluding steroid dienone is 2. The molecule has 1 aromatic rings. The summed E-state index contributed by atoms with van der Waals surface area (Å²) in [5, 5.41) is 4.32. The van der Waals surface area contributed by atoms with E-state index in [9.17, 15) is 8.42 Å². The molecule has 9 rings (SSSR count). The molecule has 0 amide bonds. The van der Waals surface area contributed by atoms with Gasteiger partial charge in [-0.15, -0.1) is 0 Å². The van der Waals surface area contributed by atoms with E-state index < -0.39 is 15.6 Å². The first-order valence-corrected chi connectivity index (χ1v) is 23.1. The van der Waals surface area contributed by atoms with E-state index in [2.05, 4.69) is 82.1 Å². The Kier molecular flexibility index (Phi) is 8.32. The van der Waals surface area contributed by atoms with Crippen LogP contribution in [0.5, 0.6) is 0 Å². The molecule has 5 saturated carbocycles. The number of nitrogens with one attached hydrogen (secondary N) is 1. The summed E-state index contributed by atoms with van der Waals surface area (Å²) in [6.07, 6.45) is 17.6. The summed E-state index contributed by atoms with van der Waals surface area (Å²) < 4.78 is 35.6. The Morgan fingerprint density at radius 1 is 0.846 bits per heavy atom. The van der Waals surface area contributed by atoms with Gasteiger partial charge in [0.25, 0.3) is 0 Å². The number of ether oxygens (including phenoxy) is 2. The summed E-state index contributed by atoms with van der Waals surface area (Å²) in [5.41, 5.74) is 5.97. The van der Waals surface area contributed by atoms with Crippen molar-refractivity contribution < 1.29 is 19.3 Å². The number of hydrogen-bond acceptors (Lipinski definition) is 6. The third-order valence-electron chi connectivity index (χ3n) is 18.7. The van der Waals surface area contributed by atoms with Crippen LogP contribution < -0.4 is 5.32 Å². The van der Waals surface area contributed by atoms with Crippen molar-refractivity contribution in [3.05, 3.63) is 41.5 Å². The van der Waals surface area contributed by atoms with Crippen LogP contribution in [0.1, 0.15) is 125 Å². The van der Waals surface area contributed by atoms with Gasteiger partial charge in [0.05, 0.1) is 11.5 Å². The average Bonchev–Trinajstić information content (AvgIpc) is 4.03. The monoisotopic (exact) mass is 735 g/mol. The fourth-order valence-electron chi connectivity index (χ4n) is 15.2. The molecule has 10 atom stereocenters. The van der Waals surface area contributed by atoms with Crippen LogP contribution >= 0.6 is 0 Å². The van der Waals surface area contributed by atoms with Crippen molar-refractivity contribution >= 4 is 15.4 Å². The molecule has 0 bridgehead atoms. The lowest BCUT2D eigenvalue weighted by Gasteiger charge is -2.72. The number of fused-ring (bicyclic) bond motifs is 7. The SMILES string of the molecule is COC1(c2ccc(C3=CC[C@]4(C)[C@H]5CC[C@@H]6[C@H]7[C@H](C8(C)CC8)CC[C@]7(NCCN7CCS(=O)(=O)CC7)CC[C@@]6(C)[C@]5(C)CC[C@H]4C3(C)C)cc2)CO1.[HH]. The molecule has 7 fully saturated rings. The van der Waals surface area contributed by atoms with Crippen molar-refractivity contribution in [1.82, 2.24) is 10.2 Å². The topological polar surface area (TPSA) is 71.2 Å². The Bertz CT molecular complexity index is 1710. The smallest absolute Gasteiger partial charge is 0.219 e. The van der Waals surface area contributed by atoms with Gasteiger partial charge in [0, 0.05) is 45.8 Å². The molecule has 52 heavy (non-hydrogen) atoms. The van der Waals surface area contributed by atoms with Crippen molar-refractivity contribution in [3.8, 4) is 0 Å². The molecule has 2 aliphatic heterocycles. The lowest BCUT2D eigenvalue weighted by atomic mass is 9.32. The second-order valence-electron chi connectivity index (χ2n) is 20.9. The second kappa shape index (κ2) is 11.9. The zero-order valence-corrected chi connectivity index (χ0v) is 34.3. The number of sulfone groups is 1. The largest absolute Gasteiger partial charge is 0.347 e. The zero-order valence-electron chi connectivity index (χ0n) is 33.5. The van der Waals surface area contributed by atoms with Crippen molar-refractivity contribution in [1.29, 1.82) is 0 Å². The van der Waals surface area contributed by atoms with Crippen molar-refractivity contribution in [2.75, 3.05) is 51.4 Å². The summed E-state index contributed by atoms with van der Waals surface area (Å²) in [5.74, 6) is 3.94. The Labute approximate surface area is 317 Å². The lowest BCUT2D eigenvalue weighted by molar-refractivity contribution is -0.222. The number of nitrogens with zero attached hydrogens (tertiary/aromatic N) is 1. The van der Waals surface area contributed by atoms with E-state index in [4.69, 9.17) is 9.47 Å². The van der Waals surface area contributed by atoms with E-state index in [1.165, 1.54) is 76.2 Å². The number of epoxide rings is 1. The van der Waals surface area contributed by atoms with E-state index in [-0.39, 0.29) is 12.4 Å². The first-order valence-electron chi connectivity index (χ1n) is 21.2. The lowest BCUT2D eigenvalue weighted by Crippen LogP contribution is -2.68. The number of benzene rings is 1. The van der Waals surface area contributed by atoms with Gasteiger partial charge in [-0.1, -0.05) is 71.9 Å². The number of rotatable bonds is 8. The molecule has 0 aromatic heterocycles. The summed E-state index contributed by atoms with van der Waals surface area (Å²) in [7, 11) is -1.10. The van der Waals surface area contributed by atoms with Gasteiger partial charge in [-0.3, -0.25) is 0 Å². The summed E-state index contributed by atoms with van der Waals surface area (Å²) in [6.45, 7) is 20.1. The first-order chi connectivity index (χ1) is 24.6. The molecule has 2 saturated heterocycles. The molecule has 1 aromatic carbocycles. The van der Waals surface area contributed by atoms with Gasteiger partial charge in [-0.25, -0.2) is 8.42 Å². The molecule has 1 N–H and O–H groups in total. The molecule has 1 unspecified atom stereocenters. The Morgan fingerprint density at radius 3 is 2.21 bits per heavy atom. The Balaban J connectivity index is 0.00000400. The van der Waals surface area contributed by atoms with Gasteiger partial charge in [0.1, 0.15) is 6.61 Å². The molecule has 6 aliphatic carbocycles. The minimum absolute atomic E-state index is 0. The molecule has 0 radical (unpaired) electrons. The molecule has 8 aliphatic rings. The highest BCUT2D eigenvalue weighted by Crippen LogP contribution is 2.78. The maximum Gasteiger partial charge on any atom is 0.219 e. The molecule has 0 spiro atoms. The van der Waals surface area contributed by atoms with Crippen LogP contribution in [0.2, 0.25) is 0 Å². The van der Waals surface area contributed by atoms with Gasteiger partial charge < -0.3 is 19.7 Å². The summed E-state index contributed by atoms with van der Waals surface area (Å²) >= 11 is 0. The van der Waals surface area contributed by atoms with Gasteiger partial charge in [-0.05, 0) is 138 Å². The van der Waals surface area contributed by atoms with Crippen molar-refractivity contribution in [2.45, 2.75) is 123 Å². The Morgan fingerprint density at radius 2 is 1.56 bits per heavy atom.